The second-order valence-corrected chi connectivity index (χ2v) is 22.1. The Labute approximate surface area is 411 Å². The molecule has 17 heteroatoms. The number of anilines is 2. The van der Waals surface area contributed by atoms with Crippen LogP contribution in [0.1, 0.15) is 113 Å². The first-order valence-electron chi connectivity index (χ1n) is 22.9. The van der Waals surface area contributed by atoms with Crippen molar-refractivity contribution in [3.63, 3.8) is 0 Å². The van der Waals surface area contributed by atoms with Gasteiger partial charge in [-0.25, -0.2) is 4.79 Å². The fraction of sp³-hybridized carbons (Fsp3) is 0.259. The minimum Gasteiger partial charge on any atom is -0.478 e. The first kappa shape index (κ1) is 48.7. The Balaban J connectivity index is 1.04. The van der Waals surface area contributed by atoms with Gasteiger partial charge in [-0.2, -0.15) is 16.8 Å². The van der Waals surface area contributed by atoms with Crippen LogP contribution >= 0.6 is 0 Å². The monoisotopic (exact) mass is 994 g/mol. The summed E-state index contributed by atoms with van der Waals surface area (Å²) in [5.41, 5.74) is 3.96. The molecule has 0 aliphatic carbocycles. The molecule has 0 aromatic heterocycles. The fourth-order valence-electron chi connectivity index (χ4n) is 9.66. The van der Waals surface area contributed by atoms with Crippen molar-refractivity contribution in [3.05, 3.63) is 164 Å². The Hall–Kier alpha value is -7.36. The molecular weight excluding hydrogens is 945 g/mol. The summed E-state index contributed by atoms with van der Waals surface area (Å²) >= 11 is 0. The number of carbonyl (C=O) groups is 3. The smallest absolute Gasteiger partial charge is 0.336 e. The Morgan fingerprint density at radius 2 is 1.45 bits per heavy atom. The van der Waals surface area contributed by atoms with Crippen LogP contribution in [-0.4, -0.2) is 78.0 Å². The molecule has 4 heterocycles. The molecule has 4 aliphatic rings. The number of amides is 2. The van der Waals surface area contributed by atoms with Crippen LogP contribution in [0.25, 0.3) is 16.7 Å². The molecule has 5 N–H and O–H groups in total. The minimum atomic E-state index is -4.54. The number of ether oxygens (including phenoxy) is 1. The second kappa shape index (κ2) is 18.4. The molecule has 5 aromatic rings. The molecule has 4 aliphatic heterocycles. The predicted octanol–water partition coefficient (Wildman–Crippen LogP) is 7.13. The zero-order chi connectivity index (χ0) is 50.6. The molecule has 0 bridgehead atoms. The number of unbranched alkanes of at least 4 members (excludes halogenated alkanes) is 2. The number of hydrogen-bond acceptors (Lipinski definition) is 10. The number of rotatable bonds is 13. The molecule has 2 amide bonds. The molecule has 0 unspecified atom stereocenters. The molecule has 9 rings (SSSR count). The van der Waals surface area contributed by atoms with E-state index in [4.69, 9.17) is 9.73 Å². The van der Waals surface area contributed by atoms with Crippen LogP contribution in [0.15, 0.2) is 108 Å². The maximum Gasteiger partial charge on any atom is 0.336 e. The van der Waals surface area contributed by atoms with E-state index >= 15 is 0 Å². The lowest BCUT2D eigenvalue weighted by molar-refractivity contribution is -0.118. The number of para-hydroxylation sites is 1. The van der Waals surface area contributed by atoms with Crippen LogP contribution in [0, 0.1) is 11.8 Å². The molecule has 0 spiro atoms. The summed E-state index contributed by atoms with van der Waals surface area (Å²) < 4.78 is 76.1. The van der Waals surface area contributed by atoms with Crippen LogP contribution in [0.3, 0.4) is 0 Å². The Morgan fingerprint density at radius 3 is 2.18 bits per heavy atom. The first-order chi connectivity index (χ1) is 33.5. The molecule has 0 saturated heterocycles. The predicted molar refractivity (Wildman–Crippen MR) is 270 cm³/mol. The normalized spacial score (nSPS) is 15.8. The van der Waals surface area contributed by atoms with Crippen molar-refractivity contribution < 1.29 is 50.2 Å². The van der Waals surface area contributed by atoms with Crippen LogP contribution in [-0.2, 0) is 31.6 Å². The number of hydrogen-bond donors (Lipinski definition) is 5. The molecule has 0 radical (unpaired) electrons. The molecule has 0 fully saturated rings. The zero-order valence-corrected chi connectivity index (χ0v) is 40.9. The lowest BCUT2D eigenvalue weighted by Crippen LogP contribution is -2.33. The van der Waals surface area contributed by atoms with Crippen LogP contribution in [0.5, 0.6) is 11.5 Å². The molecule has 15 nitrogen and oxygen atoms in total. The van der Waals surface area contributed by atoms with Crippen molar-refractivity contribution in [2.75, 3.05) is 28.3 Å². The van der Waals surface area contributed by atoms with E-state index in [0.717, 1.165) is 22.4 Å². The number of fused-ring (bicyclic) bond motifs is 6. The number of nitrogens with one attached hydrogen (secondary N) is 2. The largest absolute Gasteiger partial charge is 0.478 e. The van der Waals surface area contributed by atoms with E-state index < -0.39 is 54.7 Å². The third-order valence-electron chi connectivity index (χ3n) is 12.6. The van der Waals surface area contributed by atoms with Gasteiger partial charge in [-0.05, 0) is 111 Å². The van der Waals surface area contributed by atoms with Crippen molar-refractivity contribution >= 4 is 66.1 Å². The van der Waals surface area contributed by atoms with E-state index in [2.05, 4.69) is 22.5 Å². The minimum absolute atomic E-state index is 0.0458. The van der Waals surface area contributed by atoms with Crippen molar-refractivity contribution in [3.8, 4) is 23.3 Å². The quantitative estimate of drug-likeness (QED) is 0.0442. The molecule has 0 atom stereocenters. The SMILES string of the molecule is CC1(C)C=C(CS(=O)(=O)O)c2cc3c(cc2=N1)Oc1cc2c(cc1C=3c1cc(C(=O)NCCCCCC(=O)N3Cc4ccccc4C#Cc4ccccc43)ccc1C(=O)O)C(CS(=O)(=O)O)=CC(C)(C)N2. The number of carboxylic acid groups (broad SMARTS) is 1. The Bertz CT molecular complexity index is 3620. The number of carboxylic acids is 1. The van der Waals surface area contributed by atoms with Crippen molar-refractivity contribution in [1.29, 1.82) is 0 Å². The Morgan fingerprint density at radius 1 is 0.761 bits per heavy atom. The van der Waals surface area contributed by atoms with Crippen LogP contribution in [0.4, 0.5) is 11.4 Å². The van der Waals surface area contributed by atoms with Gasteiger partial charge in [0.25, 0.3) is 26.1 Å². The summed E-state index contributed by atoms with van der Waals surface area (Å²) in [6, 6.07) is 26.0. The van der Waals surface area contributed by atoms with Gasteiger partial charge >= 0.3 is 5.97 Å². The standard InChI is InChI=1S/C54H50N4O11S2/c1-53(2)27-36(30-70(63,64)65)39-23-42-47(25-44(39)56-53)69-48-26-45-40(37(31-71(66,67)68)28-54(3,4)57-45)24-43(48)50(42)41-22-34(19-20-38(41)52(61)62)51(60)55-21-11-5-6-16-49(59)58-29-35-14-8-7-12-32(35)17-18-33-13-9-10-15-46(33)58/h7-10,12-15,19-20,22-28,56H,5-6,11,16,21,29-31H2,1-4H3,(H,55,60)(H,61,62)(H,63,64,65)(H,66,67,68). The maximum absolute atomic E-state index is 14.0. The first-order valence-corrected chi connectivity index (χ1v) is 26.2. The van der Waals surface area contributed by atoms with E-state index in [1.165, 1.54) is 18.2 Å². The van der Waals surface area contributed by atoms with E-state index in [9.17, 15) is 45.4 Å². The summed E-state index contributed by atoms with van der Waals surface area (Å²) in [5, 5.41) is 17.7. The zero-order valence-electron chi connectivity index (χ0n) is 39.3. The van der Waals surface area contributed by atoms with Crippen LogP contribution < -0.4 is 30.8 Å². The highest BCUT2D eigenvalue weighted by atomic mass is 32.2. The van der Waals surface area contributed by atoms with Gasteiger partial charge in [0.15, 0.2) is 0 Å². The van der Waals surface area contributed by atoms with E-state index in [0.29, 0.717) is 58.8 Å². The van der Waals surface area contributed by atoms with Gasteiger partial charge in [-0.15, -0.1) is 0 Å². The summed E-state index contributed by atoms with van der Waals surface area (Å²) in [6.45, 7) is 7.83. The number of benzene rings is 5. The van der Waals surface area contributed by atoms with Crippen LogP contribution in [0.2, 0.25) is 0 Å². The van der Waals surface area contributed by atoms with Gasteiger partial charge in [0, 0.05) is 75.0 Å². The van der Waals surface area contributed by atoms with Gasteiger partial charge in [-0.1, -0.05) is 60.7 Å². The van der Waals surface area contributed by atoms with Gasteiger partial charge in [0.05, 0.1) is 34.2 Å². The third-order valence-corrected chi connectivity index (χ3v) is 13.9. The number of nitrogens with zero attached hydrogens (tertiary/aromatic N) is 2. The van der Waals surface area contributed by atoms with E-state index in [1.807, 2.05) is 62.4 Å². The maximum atomic E-state index is 14.0. The highest BCUT2D eigenvalue weighted by Gasteiger charge is 2.33. The number of carbonyl (C=O) groups excluding carboxylic acids is 2. The van der Waals surface area contributed by atoms with E-state index in [1.54, 1.807) is 55.2 Å². The van der Waals surface area contributed by atoms with E-state index in [-0.39, 0.29) is 63.8 Å². The summed E-state index contributed by atoms with van der Waals surface area (Å²) in [6.07, 6.45) is 5.30. The average Bonchev–Trinajstić information content (AvgIpc) is 3.27. The van der Waals surface area contributed by atoms with Gasteiger partial charge in [-0.3, -0.25) is 23.7 Å². The second-order valence-electron chi connectivity index (χ2n) is 19.2. The highest BCUT2D eigenvalue weighted by molar-refractivity contribution is 7.86. The van der Waals surface area contributed by atoms with Gasteiger partial charge < -0.3 is 25.4 Å². The summed E-state index contributed by atoms with van der Waals surface area (Å²) in [7, 11) is -9.08. The topological polar surface area (TPSA) is 229 Å². The van der Waals surface area contributed by atoms with Gasteiger partial charge in [0.2, 0.25) is 5.91 Å². The average molecular weight is 995 g/mol. The summed E-state index contributed by atoms with van der Waals surface area (Å²) in [5.74, 6) is 3.58. The molecule has 0 saturated carbocycles. The van der Waals surface area contributed by atoms with Crippen molar-refractivity contribution in [1.82, 2.24) is 5.32 Å². The van der Waals surface area contributed by atoms with Crippen molar-refractivity contribution in [2.24, 2.45) is 4.99 Å². The van der Waals surface area contributed by atoms with Crippen molar-refractivity contribution in [2.45, 2.75) is 71.0 Å². The summed E-state index contributed by atoms with van der Waals surface area (Å²) in [4.78, 5) is 47.5. The third kappa shape index (κ3) is 10.6. The lowest BCUT2D eigenvalue weighted by atomic mass is 9.84. The Kier molecular flexibility index (Phi) is 12.6. The molecule has 5 aromatic carbocycles. The fourth-order valence-corrected chi connectivity index (χ4v) is 10.9. The molecule has 364 valence electrons. The lowest BCUT2D eigenvalue weighted by Gasteiger charge is -2.34. The highest BCUT2D eigenvalue weighted by Crippen LogP contribution is 2.45. The van der Waals surface area contributed by atoms with Gasteiger partial charge in [0.1, 0.15) is 23.0 Å². The molecule has 71 heavy (non-hydrogen) atoms. The molecular formula is C54H50N4O11S2. The number of aromatic carboxylic acids is 1.